The van der Waals surface area contributed by atoms with Crippen LogP contribution in [0.5, 0.6) is 5.75 Å². The second-order valence-corrected chi connectivity index (χ2v) is 5.20. The van der Waals surface area contributed by atoms with Gasteiger partial charge in [0.15, 0.2) is 12.1 Å². The molecule has 0 radical (unpaired) electrons. The number of phenolic OH excluding ortho intramolecular Hbond substituents is 1. The van der Waals surface area contributed by atoms with E-state index in [-0.39, 0.29) is 23.9 Å². The molecule has 2 atom stereocenters. The summed E-state index contributed by atoms with van der Waals surface area (Å²) in [5, 5.41) is 9.75. The number of ether oxygens (including phenoxy) is 2. The topological polar surface area (TPSA) is 55.8 Å². The van der Waals surface area contributed by atoms with E-state index in [0.29, 0.717) is 18.4 Å². The minimum absolute atomic E-state index is 0.0415. The summed E-state index contributed by atoms with van der Waals surface area (Å²) in [5.74, 6) is 0.0371. The molecular weight excluding hydrogens is 244 g/mol. The summed E-state index contributed by atoms with van der Waals surface area (Å²) in [6.45, 7) is 0.739. The van der Waals surface area contributed by atoms with Crippen LogP contribution in [0.1, 0.15) is 41.6 Å². The zero-order valence-corrected chi connectivity index (χ0v) is 10.8. The zero-order valence-electron chi connectivity index (χ0n) is 10.8. The van der Waals surface area contributed by atoms with Crippen LogP contribution < -0.4 is 0 Å². The number of hydrogen-bond donors (Lipinski definition) is 1. The molecule has 1 aromatic carbocycles. The summed E-state index contributed by atoms with van der Waals surface area (Å²) in [6.07, 6.45) is 3.77. The van der Waals surface area contributed by atoms with Crippen molar-refractivity contribution in [3.8, 4) is 5.75 Å². The van der Waals surface area contributed by atoms with Crippen LogP contribution in [-0.4, -0.2) is 29.9 Å². The number of ketones is 1. The third-order valence-electron chi connectivity index (χ3n) is 3.75. The van der Waals surface area contributed by atoms with Crippen molar-refractivity contribution in [1.82, 2.24) is 0 Å². The Morgan fingerprint density at radius 3 is 2.95 bits per heavy atom. The van der Waals surface area contributed by atoms with Gasteiger partial charge in [-0.3, -0.25) is 4.79 Å². The summed E-state index contributed by atoms with van der Waals surface area (Å²) >= 11 is 0. The van der Waals surface area contributed by atoms with Crippen LogP contribution in [0.3, 0.4) is 0 Å². The third kappa shape index (κ3) is 2.65. The molecule has 0 bridgehead atoms. The van der Waals surface area contributed by atoms with Gasteiger partial charge in [0, 0.05) is 19.4 Å². The Morgan fingerprint density at radius 1 is 1.26 bits per heavy atom. The number of rotatable bonds is 2. The van der Waals surface area contributed by atoms with Gasteiger partial charge in [-0.15, -0.1) is 0 Å². The molecule has 1 aliphatic heterocycles. The Morgan fingerprint density at radius 2 is 2.16 bits per heavy atom. The lowest BCUT2D eigenvalue weighted by Gasteiger charge is -2.30. The van der Waals surface area contributed by atoms with E-state index in [1.807, 2.05) is 6.07 Å². The maximum absolute atomic E-state index is 12.1. The number of Topliss-reactive ketones (excluding diaryl/α,β-unsaturated/α-hetero) is 1. The largest absolute Gasteiger partial charge is 0.507 e. The molecule has 1 saturated heterocycles. The molecule has 1 fully saturated rings. The zero-order chi connectivity index (χ0) is 13.2. The number of phenols is 1. The van der Waals surface area contributed by atoms with Gasteiger partial charge in [0.05, 0.1) is 11.7 Å². The Bertz CT molecular complexity index is 477. The number of carbonyl (C=O) groups excluding carboxylic acids is 1. The van der Waals surface area contributed by atoms with Gasteiger partial charge < -0.3 is 14.6 Å². The van der Waals surface area contributed by atoms with E-state index in [4.69, 9.17) is 9.47 Å². The fourth-order valence-corrected chi connectivity index (χ4v) is 2.83. The number of fused-ring (bicyclic) bond motifs is 1. The molecule has 4 nitrogen and oxygen atoms in total. The Hall–Kier alpha value is -1.39. The van der Waals surface area contributed by atoms with Crippen molar-refractivity contribution in [3.63, 3.8) is 0 Å². The first-order valence-electron chi connectivity index (χ1n) is 6.85. The third-order valence-corrected chi connectivity index (χ3v) is 3.75. The first-order chi connectivity index (χ1) is 9.24. The minimum atomic E-state index is -0.176. The molecule has 3 rings (SSSR count). The summed E-state index contributed by atoms with van der Waals surface area (Å²) in [6, 6.07) is 5.20. The van der Waals surface area contributed by atoms with E-state index in [1.165, 1.54) is 0 Å². The second kappa shape index (κ2) is 5.31. The van der Waals surface area contributed by atoms with Crippen LogP contribution in [0, 0.1) is 0 Å². The van der Waals surface area contributed by atoms with E-state index in [1.54, 1.807) is 12.1 Å². The highest BCUT2D eigenvalue weighted by atomic mass is 16.7. The highest BCUT2D eigenvalue weighted by Crippen LogP contribution is 2.31. The maximum Gasteiger partial charge on any atom is 0.169 e. The van der Waals surface area contributed by atoms with E-state index >= 15 is 0 Å². The average molecular weight is 262 g/mol. The van der Waals surface area contributed by atoms with Gasteiger partial charge in [-0.05, 0) is 30.9 Å². The first-order valence-corrected chi connectivity index (χ1v) is 6.85. The summed E-state index contributed by atoms with van der Waals surface area (Å²) in [7, 11) is 0. The molecule has 4 heteroatoms. The Labute approximate surface area is 112 Å². The molecule has 1 N–H and O–H groups in total. The molecule has 1 aliphatic carbocycles. The number of aromatic hydroxyl groups is 1. The highest BCUT2D eigenvalue weighted by molar-refractivity contribution is 6.01. The highest BCUT2D eigenvalue weighted by Gasteiger charge is 2.30. The minimum Gasteiger partial charge on any atom is -0.507 e. The van der Waals surface area contributed by atoms with Crippen LogP contribution in [0.4, 0.5) is 0 Å². The maximum atomic E-state index is 12.1. The van der Waals surface area contributed by atoms with Gasteiger partial charge in [-0.2, -0.15) is 0 Å². The number of hydrogen-bond acceptors (Lipinski definition) is 4. The molecule has 1 heterocycles. The van der Waals surface area contributed by atoms with Gasteiger partial charge in [0.25, 0.3) is 0 Å². The molecule has 2 aliphatic rings. The van der Waals surface area contributed by atoms with Crippen molar-refractivity contribution in [2.24, 2.45) is 0 Å². The van der Waals surface area contributed by atoms with Crippen molar-refractivity contribution in [2.45, 2.75) is 44.5 Å². The molecule has 1 unspecified atom stereocenters. The smallest absolute Gasteiger partial charge is 0.169 e. The van der Waals surface area contributed by atoms with E-state index in [9.17, 15) is 9.90 Å². The summed E-state index contributed by atoms with van der Waals surface area (Å²) in [5.41, 5.74) is 1.34. The lowest BCUT2D eigenvalue weighted by molar-refractivity contribution is -0.187. The fourth-order valence-electron chi connectivity index (χ4n) is 2.83. The lowest BCUT2D eigenvalue weighted by atomic mass is 9.88. The van der Waals surface area contributed by atoms with Crippen molar-refractivity contribution in [3.05, 3.63) is 29.3 Å². The normalized spacial score (nSPS) is 27.1. The quantitative estimate of drug-likeness (QED) is 0.889. The van der Waals surface area contributed by atoms with Crippen LogP contribution in [0.2, 0.25) is 0 Å². The van der Waals surface area contributed by atoms with Gasteiger partial charge in [-0.1, -0.05) is 12.1 Å². The SMILES string of the molecule is O=C1C[C@H](OC2CCCCO2)Cc2cccc(O)c21. The van der Waals surface area contributed by atoms with Crippen LogP contribution in [0.15, 0.2) is 18.2 Å². The van der Waals surface area contributed by atoms with E-state index < -0.39 is 0 Å². The molecular formula is C15H18O4. The van der Waals surface area contributed by atoms with E-state index in [0.717, 1.165) is 31.4 Å². The van der Waals surface area contributed by atoms with Crippen molar-refractivity contribution >= 4 is 5.78 Å². The predicted molar refractivity (Wildman–Crippen MR) is 69.2 cm³/mol. The Kier molecular flexibility index (Phi) is 3.53. The molecule has 0 spiro atoms. The van der Waals surface area contributed by atoms with Crippen LogP contribution in [-0.2, 0) is 15.9 Å². The van der Waals surface area contributed by atoms with Crippen molar-refractivity contribution in [1.29, 1.82) is 0 Å². The lowest BCUT2D eigenvalue weighted by Crippen LogP contribution is -2.33. The van der Waals surface area contributed by atoms with Gasteiger partial charge in [0.2, 0.25) is 0 Å². The first kappa shape index (κ1) is 12.6. The summed E-state index contributed by atoms with van der Waals surface area (Å²) < 4.78 is 11.4. The number of benzene rings is 1. The number of carbonyl (C=O) groups is 1. The van der Waals surface area contributed by atoms with Gasteiger partial charge >= 0.3 is 0 Å². The molecule has 0 saturated carbocycles. The van der Waals surface area contributed by atoms with Crippen LogP contribution in [0.25, 0.3) is 0 Å². The van der Waals surface area contributed by atoms with E-state index in [2.05, 4.69) is 0 Å². The van der Waals surface area contributed by atoms with Gasteiger partial charge in [-0.25, -0.2) is 0 Å². The predicted octanol–water partition coefficient (Wildman–Crippen LogP) is 2.43. The standard InChI is InChI=1S/C15H18O4/c16-12-5-3-4-10-8-11(9-13(17)15(10)12)19-14-6-1-2-7-18-14/h3-5,11,14,16H,1-2,6-9H2/t11-,14?/m1/s1. The molecule has 0 aromatic heterocycles. The monoisotopic (exact) mass is 262 g/mol. The summed E-state index contributed by atoms with van der Waals surface area (Å²) in [4.78, 5) is 12.1. The molecule has 19 heavy (non-hydrogen) atoms. The second-order valence-electron chi connectivity index (χ2n) is 5.20. The fraction of sp³-hybridized carbons (Fsp3) is 0.533. The van der Waals surface area contributed by atoms with Crippen molar-refractivity contribution in [2.75, 3.05) is 6.61 Å². The average Bonchev–Trinajstić information content (AvgIpc) is 2.39. The van der Waals surface area contributed by atoms with Crippen molar-refractivity contribution < 1.29 is 19.4 Å². The van der Waals surface area contributed by atoms with Crippen LogP contribution >= 0.6 is 0 Å². The molecule has 0 amide bonds. The molecule has 1 aromatic rings. The molecule has 102 valence electrons. The Balaban J connectivity index is 1.72. The van der Waals surface area contributed by atoms with Gasteiger partial charge in [0.1, 0.15) is 5.75 Å².